The van der Waals surface area contributed by atoms with Gasteiger partial charge in [-0.2, -0.15) is 0 Å². The molecule has 2 aromatic heterocycles. The second-order valence-electron chi connectivity index (χ2n) is 10.2. The van der Waals surface area contributed by atoms with Gasteiger partial charge in [-0.3, -0.25) is 31.4 Å². The van der Waals surface area contributed by atoms with Crippen molar-refractivity contribution in [2.75, 3.05) is 37.1 Å². The summed E-state index contributed by atoms with van der Waals surface area (Å²) in [5.74, 6) is -0.330. The minimum absolute atomic E-state index is 0.0881. The highest BCUT2D eigenvalue weighted by molar-refractivity contribution is 6.03. The topological polar surface area (TPSA) is 157 Å². The number of carbonyl (C=O) groups excluding carboxylic acids is 2. The van der Waals surface area contributed by atoms with Gasteiger partial charge in [0.2, 0.25) is 11.9 Å². The number of alkyl carbamates (subject to hydrolysis) is 2. The van der Waals surface area contributed by atoms with Gasteiger partial charge in [-0.25, -0.2) is 9.59 Å². The van der Waals surface area contributed by atoms with E-state index in [1.165, 1.54) is 9.80 Å². The molecule has 2 heterocycles. The van der Waals surface area contributed by atoms with E-state index >= 15 is 0 Å². The van der Waals surface area contributed by atoms with Crippen molar-refractivity contribution in [1.29, 1.82) is 10.8 Å². The van der Waals surface area contributed by atoms with Crippen LogP contribution in [0.25, 0.3) is 28.1 Å². The molecule has 0 fully saturated rings. The monoisotopic (exact) mass is 606 g/mol. The summed E-state index contributed by atoms with van der Waals surface area (Å²) in [6.07, 6.45) is 6.22. The molecule has 1 aliphatic rings. The zero-order chi connectivity index (χ0) is 32.1. The van der Waals surface area contributed by atoms with Crippen molar-refractivity contribution in [1.82, 2.24) is 20.6 Å². The van der Waals surface area contributed by atoms with Gasteiger partial charge in [-0.1, -0.05) is 42.5 Å². The van der Waals surface area contributed by atoms with E-state index in [4.69, 9.17) is 30.3 Å². The lowest BCUT2D eigenvalue weighted by Crippen LogP contribution is -2.41. The summed E-state index contributed by atoms with van der Waals surface area (Å²) in [7, 11) is 3.34. The van der Waals surface area contributed by atoms with Crippen LogP contribution >= 0.6 is 0 Å². The Morgan fingerprint density at radius 3 is 2.00 bits per heavy atom. The van der Waals surface area contributed by atoms with E-state index in [1.54, 1.807) is 40.3 Å². The molecule has 12 heteroatoms. The second-order valence-corrected chi connectivity index (χ2v) is 10.2. The largest absolute Gasteiger partial charge is 0.450 e. The lowest BCUT2D eigenvalue weighted by atomic mass is 9.82. The van der Waals surface area contributed by atoms with Crippen LogP contribution in [-0.2, 0) is 9.47 Å². The first-order valence-corrected chi connectivity index (χ1v) is 14.4. The Labute approximate surface area is 260 Å². The number of ether oxygens (including phenoxy) is 2. The molecule has 2 aromatic carbocycles. The van der Waals surface area contributed by atoms with E-state index < -0.39 is 12.2 Å². The number of benzene rings is 2. The van der Waals surface area contributed by atoms with Crippen molar-refractivity contribution in [3.8, 4) is 11.3 Å². The third-order valence-electron chi connectivity index (χ3n) is 7.46. The maximum Gasteiger partial charge on any atom is 0.413 e. The molecular formula is C33H34N8O4. The zero-order valence-electron chi connectivity index (χ0n) is 25.4. The van der Waals surface area contributed by atoms with E-state index in [1.807, 2.05) is 30.3 Å². The Balaban J connectivity index is 1.39. The van der Waals surface area contributed by atoms with Crippen LogP contribution in [0.15, 0.2) is 73.1 Å². The lowest BCUT2D eigenvalue weighted by molar-refractivity contribution is 0.156. The minimum Gasteiger partial charge on any atom is -0.450 e. The molecule has 45 heavy (non-hydrogen) atoms. The summed E-state index contributed by atoms with van der Waals surface area (Å²) in [6, 6.07) is 17.9. The highest BCUT2D eigenvalue weighted by Gasteiger charge is 2.23. The molecule has 0 bridgehead atoms. The molecule has 2 amide bonds. The van der Waals surface area contributed by atoms with Gasteiger partial charge in [-0.15, -0.1) is 0 Å². The van der Waals surface area contributed by atoms with E-state index in [2.05, 4.69) is 47.1 Å². The molecule has 4 aromatic rings. The molecule has 0 spiro atoms. The van der Waals surface area contributed by atoms with Crippen LogP contribution in [-0.4, -0.2) is 61.4 Å². The molecule has 1 atom stereocenters. The number of pyridine rings is 2. The van der Waals surface area contributed by atoms with Gasteiger partial charge in [0.15, 0.2) is 0 Å². The Morgan fingerprint density at radius 2 is 1.44 bits per heavy atom. The number of anilines is 2. The van der Waals surface area contributed by atoms with Crippen LogP contribution in [0, 0.1) is 10.8 Å². The number of hydrogen-bond acceptors (Lipinski definition) is 8. The van der Waals surface area contributed by atoms with Gasteiger partial charge >= 0.3 is 12.2 Å². The smallest absolute Gasteiger partial charge is 0.413 e. The fourth-order valence-corrected chi connectivity index (χ4v) is 5.12. The number of carbonyl (C=O) groups is 2. The van der Waals surface area contributed by atoms with Gasteiger partial charge in [-0.05, 0) is 60.0 Å². The molecule has 0 saturated carbocycles. The Bertz CT molecular complexity index is 1790. The summed E-state index contributed by atoms with van der Waals surface area (Å²) >= 11 is 0. The fourth-order valence-electron chi connectivity index (χ4n) is 5.12. The molecule has 0 aliphatic heterocycles. The van der Waals surface area contributed by atoms with E-state index in [0.29, 0.717) is 11.4 Å². The fraction of sp³-hybridized carbons (Fsp3) is 0.212. The Morgan fingerprint density at radius 1 is 0.822 bits per heavy atom. The minimum atomic E-state index is -0.683. The number of hydrogen-bond donors (Lipinski definition) is 4. The average Bonchev–Trinajstić information content (AvgIpc) is 3.05. The van der Waals surface area contributed by atoms with Crippen LogP contribution in [0.4, 0.5) is 21.0 Å². The van der Waals surface area contributed by atoms with Crippen molar-refractivity contribution in [2.45, 2.75) is 19.8 Å². The Hall–Kier alpha value is -5.78. The van der Waals surface area contributed by atoms with Gasteiger partial charge in [0.1, 0.15) is 0 Å². The third kappa shape index (κ3) is 6.44. The van der Waals surface area contributed by atoms with Crippen molar-refractivity contribution >= 4 is 52.3 Å². The van der Waals surface area contributed by atoms with E-state index in [-0.39, 0.29) is 31.1 Å². The summed E-state index contributed by atoms with van der Waals surface area (Å²) < 4.78 is 9.72. The van der Waals surface area contributed by atoms with Gasteiger partial charge in [0, 0.05) is 25.6 Å². The summed E-state index contributed by atoms with van der Waals surface area (Å²) in [5.41, 5.74) is 6.05. The Kier molecular flexibility index (Phi) is 9.03. The normalized spacial score (nSPS) is 13.1. The molecule has 4 N–H and O–H groups in total. The summed E-state index contributed by atoms with van der Waals surface area (Å²) in [5, 5.41) is 23.3. The second kappa shape index (κ2) is 13.2. The lowest BCUT2D eigenvalue weighted by Gasteiger charge is -2.24. The van der Waals surface area contributed by atoms with Crippen molar-refractivity contribution in [2.24, 2.45) is 0 Å². The van der Waals surface area contributed by atoms with Crippen LogP contribution in [0.1, 0.15) is 36.6 Å². The number of aromatic nitrogens is 2. The SMILES string of the molecule is CCOC(=O)NC(=N)N(C)c1ccc(-c2ccc3cccc4c3c2C=CC4c2ccc(N(C)C(=N)NC(=O)OCC)cn2)nc1. The van der Waals surface area contributed by atoms with Gasteiger partial charge in [0.05, 0.1) is 48.4 Å². The first-order valence-electron chi connectivity index (χ1n) is 14.4. The molecule has 230 valence electrons. The zero-order valence-corrected chi connectivity index (χ0v) is 25.4. The molecular weight excluding hydrogens is 572 g/mol. The molecule has 0 radical (unpaired) electrons. The summed E-state index contributed by atoms with van der Waals surface area (Å²) in [6.45, 7) is 3.84. The van der Waals surface area contributed by atoms with Crippen molar-refractivity contribution < 1.29 is 19.1 Å². The van der Waals surface area contributed by atoms with Crippen LogP contribution in [0.3, 0.4) is 0 Å². The van der Waals surface area contributed by atoms with Crippen LogP contribution in [0.5, 0.6) is 0 Å². The van der Waals surface area contributed by atoms with E-state index in [0.717, 1.165) is 38.9 Å². The molecule has 1 aliphatic carbocycles. The highest BCUT2D eigenvalue weighted by Crippen LogP contribution is 2.41. The molecule has 5 rings (SSSR count). The van der Waals surface area contributed by atoms with Crippen molar-refractivity contribution in [3.05, 3.63) is 89.9 Å². The van der Waals surface area contributed by atoms with E-state index in [9.17, 15) is 9.59 Å². The van der Waals surface area contributed by atoms with Crippen LogP contribution < -0.4 is 20.4 Å². The molecule has 0 saturated heterocycles. The standard InChI is InChI=1S/C33H34N8O4/c1-5-44-32(42)38-30(34)40(3)21-11-16-27(36-18-21)23-13-10-20-8-7-9-25-24(14-15-26(23)29(20)25)28-17-12-22(19-37-28)41(4)31(35)39-33(43)45-6-2/h7-19,24H,5-6H2,1-4H3,(H2,34,38,42)(H2,35,39,43). The average molecular weight is 607 g/mol. The summed E-state index contributed by atoms with van der Waals surface area (Å²) in [4.78, 5) is 35.9. The molecule has 1 unspecified atom stereocenters. The first-order chi connectivity index (χ1) is 21.7. The quantitative estimate of drug-likeness (QED) is 0.161. The number of rotatable bonds is 6. The number of amides is 2. The maximum atomic E-state index is 11.7. The van der Waals surface area contributed by atoms with Gasteiger partial charge < -0.3 is 19.3 Å². The molecule has 12 nitrogen and oxygen atoms in total. The number of nitrogens with zero attached hydrogens (tertiary/aromatic N) is 4. The predicted molar refractivity (Wildman–Crippen MR) is 175 cm³/mol. The maximum absolute atomic E-state index is 11.7. The third-order valence-corrected chi connectivity index (χ3v) is 7.46. The number of nitrogens with one attached hydrogen (secondary N) is 4. The van der Waals surface area contributed by atoms with Gasteiger partial charge in [0.25, 0.3) is 0 Å². The predicted octanol–water partition coefficient (Wildman–Crippen LogP) is 5.69. The van der Waals surface area contributed by atoms with Crippen LogP contribution in [0.2, 0.25) is 0 Å². The first kappa shape index (κ1) is 30.7. The number of allylic oxidation sites excluding steroid dienone is 1. The van der Waals surface area contributed by atoms with Crippen molar-refractivity contribution in [3.63, 3.8) is 0 Å². The number of guanidine groups is 2. The highest BCUT2D eigenvalue weighted by atomic mass is 16.6.